The van der Waals surface area contributed by atoms with Gasteiger partial charge in [0.2, 0.25) is 0 Å². The smallest absolute Gasteiger partial charge is 0.0599 e. The molecule has 17 heavy (non-hydrogen) atoms. The molecule has 5 heteroatoms. The molecule has 100 valence electrons. The number of nitrogens with one attached hydrogen (secondary N) is 1. The minimum atomic E-state index is 0.163. The first-order chi connectivity index (χ1) is 8.33. The van der Waals surface area contributed by atoms with E-state index in [4.69, 9.17) is 0 Å². The number of nitrogens with zero attached hydrogens (tertiary/aromatic N) is 2. The van der Waals surface area contributed by atoms with Crippen molar-refractivity contribution >= 4 is 0 Å². The third-order valence-electron chi connectivity index (χ3n) is 3.95. The summed E-state index contributed by atoms with van der Waals surface area (Å²) in [5.74, 6) is 0. The fourth-order valence-corrected chi connectivity index (χ4v) is 2.78. The van der Waals surface area contributed by atoms with Crippen molar-refractivity contribution < 1.29 is 10.2 Å². The van der Waals surface area contributed by atoms with Gasteiger partial charge in [0.1, 0.15) is 0 Å². The Balaban J connectivity index is 1.77. The summed E-state index contributed by atoms with van der Waals surface area (Å²) in [6.45, 7) is 6.54. The van der Waals surface area contributed by atoms with E-state index in [0.29, 0.717) is 0 Å². The van der Waals surface area contributed by atoms with Gasteiger partial charge < -0.3 is 20.4 Å². The van der Waals surface area contributed by atoms with Crippen molar-refractivity contribution in [3.05, 3.63) is 0 Å². The largest absolute Gasteiger partial charge is 0.395 e. The van der Waals surface area contributed by atoms with Crippen molar-refractivity contribution in [3.63, 3.8) is 0 Å². The molecule has 2 saturated heterocycles. The highest BCUT2D eigenvalue weighted by atomic mass is 16.3. The molecule has 0 saturated carbocycles. The molecule has 0 radical (unpaired) electrons. The molecule has 2 unspecified atom stereocenters. The van der Waals surface area contributed by atoms with Gasteiger partial charge in [0.25, 0.3) is 0 Å². The van der Waals surface area contributed by atoms with Gasteiger partial charge >= 0.3 is 0 Å². The van der Waals surface area contributed by atoms with Crippen LogP contribution in [0.5, 0.6) is 0 Å². The number of hydrogen-bond donors (Lipinski definition) is 3. The van der Waals surface area contributed by atoms with Crippen LogP contribution in [0.4, 0.5) is 0 Å². The maximum atomic E-state index is 9.35. The number of hydrogen-bond acceptors (Lipinski definition) is 5. The van der Waals surface area contributed by atoms with E-state index < -0.39 is 0 Å². The lowest BCUT2D eigenvalue weighted by Crippen LogP contribution is -2.59. The highest BCUT2D eigenvalue weighted by Gasteiger charge is 2.27. The van der Waals surface area contributed by atoms with Gasteiger partial charge in [-0.2, -0.15) is 0 Å². The van der Waals surface area contributed by atoms with Gasteiger partial charge in [-0.3, -0.25) is 4.90 Å². The molecule has 5 nitrogen and oxygen atoms in total. The molecular weight excluding hydrogens is 218 g/mol. The van der Waals surface area contributed by atoms with Crippen LogP contribution in [0.1, 0.15) is 12.8 Å². The van der Waals surface area contributed by atoms with E-state index in [1.807, 2.05) is 0 Å². The molecule has 2 fully saturated rings. The lowest BCUT2D eigenvalue weighted by atomic mass is 10.1. The van der Waals surface area contributed by atoms with E-state index in [9.17, 15) is 10.2 Å². The molecule has 2 rings (SSSR count). The third kappa shape index (κ3) is 3.63. The zero-order valence-electron chi connectivity index (χ0n) is 10.5. The van der Waals surface area contributed by atoms with Crippen molar-refractivity contribution in [1.82, 2.24) is 15.1 Å². The van der Waals surface area contributed by atoms with Crippen LogP contribution in [0.25, 0.3) is 0 Å². The predicted octanol–water partition coefficient (Wildman–Crippen LogP) is -1.29. The van der Waals surface area contributed by atoms with Crippen LogP contribution in [0.3, 0.4) is 0 Å². The van der Waals surface area contributed by atoms with Gasteiger partial charge in [0.15, 0.2) is 0 Å². The second-order valence-corrected chi connectivity index (χ2v) is 5.17. The first-order valence-electron chi connectivity index (χ1n) is 6.75. The zero-order valence-corrected chi connectivity index (χ0v) is 10.5. The van der Waals surface area contributed by atoms with E-state index in [-0.39, 0.29) is 25.3 Å². The Labute approximate surface area is 103 Å². The topological polar surface area (TPSA) is 59.0 Å². The summed E-state index contributed by atoms with van der Waals surface area (Å²) < 4.78 is 0. The van der Waals surface area contributed by atoms with E-state index in [0.717, 1.165) is 26.2 Å². The Bertz CT molecular complexity index is 222. The molecule has 0 aromatic rings. The second kappa shape index (κ2) is 6.66. The predicted molar refractivity (Wildman–Crippen MR) is 67.0 cm³/mol. The van der Waals surface area contributed by atoms with E-state index >= 15 is 0 Å². The summed E-state index contributed by atoms with van der Waals surface area (Å²) in [7, 11) is 0. The average molecular weight is 243 g/mol. The highest BCUT2D eigenvalue weighted by Crippen LogP contribution is 2.10. The lowest BCUT2D eigenvalue weighted by molar-refractivity contribution is 0.0583. The number of piperazine rings is 1. The molecule has 0 aromatic heterocycles. The Hall–Kier alpha value is -0.200. The van der Waals surface area contributed by atoms with Crippen LogP contribution < -0.4 is 5.32 Å². The van der Waals surface area contributed by atoms with Gasteiger partial charge in [-0.1, -0.05) is 0 Å². The first-order valence-corrected chi connectivity index (χ1v) is 6.75. The molecule has 3 N–H and O–H groups in total. The fourth-order valence-electron chi connectivity index (χ4n) is 2.78. The molecule has 2 heterocycles. The minimum absolute atomic E-state index is 0.163. The first kappa shape index (κ1) is 13.2. The molecular formula is C12H25N3O2. The van der Waals surface area contributed by atoms with E-state index in [1.165, 1.54) is 25.9 Å². The summed E-state index contributed by atoms with van der Waals surface area (Å²) in [5.41, 5.74) is 0. The summed E-state index contributed by atoms with van der Waals surface area (Å²) >= 11 is 0. The van der Waals surface area contributed by atoms with Crippen LogP contribution >= 0.6 is 0 Å². The Morgan fingerprint density at radius 2 is 1.82 bits per heavy atom. The summed E-state index contributed by atoms with van der Waals surface area (Å²) in [6, 6.07) is 0.372. The summed E-state index contributed by atoms with van der Waals surface area (Å²) in [6.07, 6.45) is 2.65. The molecule has 0 aromatic carbocycles. The number of likely N-dealkylation sites (tertiary alicyclic amines) is 1. The van der Waals surface area contributed by atoms with Crippen molar-refractivity contribution in [2.24, 2.45) is 0 Å². The van der Waals surface area contributed by atoms with Crippen molar-refractivity contribution in [3.8, 4) is 0 Å². The Morgan fingerprint density at radius 1 is 1.06 bits per heavy atom. The lowest BCUT2D eigenvalue weighted by Gasteiger charge is -2.39. The maximum Gasteiger partial charge on any atom is 0.0599 e. The summed E-state index contributed by atoms with van der Waals surface area (Å²) in [5, 5.41) is 21.8. The van der Waals surface area contributed by atoms with Crippen molar-refractivity contribution in [2.45, 2.75) is 24.9 Å². The molecule has 0 aliphatic carbocycles. The number of rotatable bonds is 5. The van der Waals surface area contributed by atoms with E-state index in [1.54, 1.807) is 0 Å². The highest BCUT2D eigenvalue weighted by molar-refractivity contribution is 4.86. The van der Waals surface area contributed by atoms with E-state index in [2.05, 4.69) is 15.1 Å². The molecule has 0 amide bonds. The molecule has 2 aliphatic rings. The van der Waals surface area contributed by atoms with Crippen LogP contribution in [-0.2, 0) is 0 Å². The second-order valence-electron chi connectivity index (χ2n) is 5.17. The number of aliphatic hydroxyl groups excluding tert-OH is 2. The number of aliphatic hydroxyl groups is 2. The van der Waals surface area contributed by atoms with Crippen LogP contribution in [0.15, 0.2) is 0 Å². The fraction of sp³-hybridized carbons (Fsp3) is 1.00. The third-order valence-corrected chi connectivity index (χ3v) is 3.95. The average Bonchev–Trinajstić information content (AvgIpc) is 2.89. The van der Waals surface area contributed by atoms with Gasteiger partial charge in [-0.15, -0.1) is 0 Å². The van der Waals surface area contributed by atoms with Gasteiger partial charge in [0, 0.05) is 38.3 Å². The monoisotopic (exact) mass is 243 g/mol. The van der Waals surface area contributed by atoms with Crippen LogP contribution in [-0.4, -0.2) is 84.6 Å². The van der Waals surface area contributed by atoms with Gasteiger partial charge in [-0.25, -0.2) is 0 Å². The standard InChI is InChI=1S/C12H25N3O2/c16-9-11-8-15(12(10-17)7-13-11)6-5-14-3-1-2-4-14/h11-13,16-17H,1-10H2. The molecule has 0 bridgehead atoms. The van der Waals surface area contributed by atoms with Gasteiger partial charge in [0.05, 0.1) is 13.2 Å². The Morgan fingerprint density at radius 3 is 2.47 bits per heavy atom. The molecule has 2 atom stereocenters. The minimum Gasteiger partial charge on any atom is -0.395 e. The quantitative estimate of drug-likeness (QED) is 0.561. The molecule has 0 spiro atoms. The van der Waals surface area contributed by atoms with Crippen molar-refractivity contribution in [1.29, 1.82) is 0 Å². The van der Waals surface area contributed by atoms with Gasteiger partial charge in [-0.05, 0) is 25.9 Å². The van der Waals surface area contributed by atoms with Crippen LogP contribution in [0, 0.1) is 0 Å². The molecule has 2 aliphatic heterocycles. The van der Waals surface area contributed by atoms with Crippen LogP contribution in [0.2, 0.25) is 0 Å². The maximum absolute atomic E-state index is 9.35. The normalized spacial score (nSPS) is 32.1. The van der Waals surface area contributed by atoms with Crippen molar-refractivity contribution in [2.75, 3.05) is 52.5 Å². The Kier molecular flexibility index (Phi) is 5.18. The SMILES string of the molecule is OCC1CN(CCN2CCCC2)C(CO)CN1. The summed E-state index contributed by atoms with van der Waals surface area (Å²) in [4.78, 5) is 4.81. The zero-order chi connectivity index (χ0) is 12.1.